The van der Waals surface area contributed by atoms with Crippen molar-refractivity contribution in [2.24, 2.45) is 11.3 Å². The smallest absolute Gasteiger partial charge is 0.251 e. The third kappa shape index (κ3) is 3.96. The van der Waals surface area contributed by atoms with Crippen molar-refractivity contribution in [3.8, 4) is 5.88 Å². The van der Waals surface area contributed by atoms with Gasteiger partial charge in [-0.05, 0) is 44.6 Å². The van der Waals surface area contributed by atoms with Crippen LogP contribution < -0.4 is 10.1 Å². The van der Waals surface area contributed by atoms with Gasteiger partial charge in [0, 0.05) is 42.5 Å². The molecule has 0 aromatic carbocycles. The molecular formula is C19H28N2O4. The number of hydrogen-bond donors (Lipinski definition) is 2. The average molecular weight is 348 g/mol. The van der Waals surface area contributed by atoms with Crippen molar-refractivity contribution in [2.45, 2.75) is 45.1 Å². The lowest BCUT2D eigenvalue weighted by molar-refractivity contribution is -0.0379. The maximum atomic E-state index is 12.8. The molecule has 138 valence electrons. The van der Waals surface area contributed by atoms with Gasteiger partial charge < -0.3 is 19.9 Å². The third-order valence-electron chi connectivity index (χ3n) is 5.64. The van der Waals surface area contributed by atoms with E-state index in [1.807, 2.05) is 6.92 Å². The summed E-state index contributed by atoms with van der Waals surface area (Å²) in [5.74, 6) is 0.677. The number of ether oxygens (including phenoxy) is 2. The number of carbonyl (C=O) groups is 1. The fourth-order valence-corrected chi connectivity index (χ4v) is 4.02. The Kier molecular flexibility index (Phi) is 5.91. The fourth-order valence-electron chi connectivity index (χ4n) is 4.02. The van der Waals surface area contributed by atoms with E-state index in [0.717, 1.165) is 45.3 Å². The van der Waals surface area contributed by atoms with Crippen LogP contribution in [0.3, 0.4) is 0 Å². The highest BCUT2D eigenvalue weighted by Crippen LogP contribution is 2.47. The number of nitrogens with one attached hydrogen (secondary N) is 1. The summed E-state index contributed by atoms with van der Waals surface area (Å²) < 4.78 is 10.9. The fraction of sp³-hybridized carbons (Fsp3) is 0.684. The molecule has 1 aromatic heterocycles. The molecule has 1 aliphatic carbocycles. The molecule has 1 amide bonds. The van der Waals surface area contributed by atoms with Crippen molar-refractivity contribution < 1.29 is 19.4 Å². The van der Waals surface area contributed by atoms with Crippen molar-refractivity contribution >= 4 is 5.91 Å². The van der Waals surface area contributed by atoms with Gasteiger partial charge in [-0.15, -0.1) is 0 Å². The van der Waals surface area contributed by atoms with E-state index in [9.17, 15) is 9.90 Å². The Hall–Kier alpha value is -1.66. The van der Waals surface area contributed by atoms with Gasteiger partial charge in [0.1, 0.15) is 0 Å². The van der Waals surface area contributed by atoms with Gasteiger partial charge in [-0.25, -0.2) is 4.98 Å². The molecule has 25 heavy (non-hydrogen) atoms. The zero-order valence-electron chi connectivity index (χ0n) is 14.9. The predicted molar refractivity (Wildman–Crippen MR) is 93.6 cm³/mol. The van der Waals surface area contributed by atoms with E-state index < -0.39 is 0 Å². The van der Waals surface area contributed by atoms with E-state index in [4.69, 9.17) is 9.47 Å². The van der Waals surface area contributed by atoms with Crippen LogP contribution in [0.25, 0.3) is 0 Å². The van der Waals surface area contributed by atoms with Crippen LogP contribution in [0.4, 0.5) is 0 Å². The van der Waals surface area contributed by atoms with Gasteiger partial charge in [-0.2, -0.15) is 0 Å². The lowest BCUT2D eigenvalue weighted by Gasteiger charge is -2.50. The first-order valence-corrected chi connectivity index (χ1v) is 9.27. The molecule has 0 spiro atoms. The first-order valence-electron chi connectivity index (χ1n) is 9.27. The zero-order chi connectivity index (χ0) is 17.7. The summed E-state index contributed by atoms with van der Waals surface area (Å²) in [5, 5.41) is 13.3. The molecule has 1 atom stereocenters. The van der Waals surface area contributed by atoms with Crippen LogP contribution in [0.2, 0.25) is 0 Å². The second-order valence-electron chi connectivity index (χ2n) is 7.09. The van der Waals surface area contributed by atoms with E-state index in [1.54, 1.807) is 18.3 Å². The lowest BCUT2D eigenvalue weighted by atomic mass is 9.60. The second-order valence-corrected chi connectivity index (χ2v) is 7.09. The van der Waals surface area contributed by atoms with E-state index in [0.29, 0.717) is 24.0 Å². The molecule has 6 heteroatoms. The van der Waals surface area contributed by atoms with E-state index in [-0.39, 0.29) is 24.0 Å². The Morgan fingerprint density at radius 2 is 2.24 bits per heavy atom. The quantitative estimate of drug-likeness (QED) is 0.789. The summed E-state index contributed by atoms with van der Waals surface area (Å²) in [5.41, 5.74) is 0.357. The van der Waals surface area contributed by atoms with Gasteiger partial charge in [-0.3, -0.25) is 4.79 Å². The van der Waals surface area contributed by atoms with Crippen LogP contribution in [0.15, 0.2) is 18.3 Å². The molecule has 0 radical (unpaired) electrons. The van der Waals surface area contributed by atoms with Crippen molar-refractivity contribution in [2.75, 3.05) is 26.4 Å². The Balaban J connectivity index is 1.77. The van der Waals surface area contributed by atoms with Crippen molar-refractivity contribution in [3.63, 3.8) is 0 Å². The van der Waals surface area contributed by atoms with E-state index in [1.165, 1.54) is 0 Å². The number of aliphatic hydroxyl groups excluding tert-OH is 1. The Bertz CT molecular complexity index is 577. The predicted octanol–water partition coefficient (Wildman–Crippen LogP) is 2.17. The molecule has 3 rings (SSSR count). The average Bonchev–Trinajstić information content (AvgIpc) is 2.61. The number of aliphatic hydroxyl groups is 1. The van der Waals surface area contributed by atoms with Crippen molar-refractivity contribution in [1.82, 2.24) is 10.3 Å². The molecular weight excluding hydrogens is 320 g/mol. The molecule has 1 aliphatic heterocycles. The molecule has 1 saturated carbocycles. The van der Waals surface area contributed by atoms with Crippen molar-refractivity contribution in [1.29, 1.82) is 0 Å². The highest BCUT2D eigenvalue weighted by atomic mass is 16.5. The molecule has 1 unspecified atom stereocenters. The number of nitrogens with zero attached hydrogens (tertiary/aromatic N) is 1. The minimum Gasteiger partial charge on any atom is -0.478 e. The maximum Gasteiger partial charge on any atom is 0.251 e. The largest absolute Gasteiger partial charge is 0.478 e. The monoisotopic (exact) mass is 348 g/mol. The topological polar surface area (TPSA) is 80.7 Å². The summed E-state index contributed by atoms with van der Waals surface area (Å²) in [6.07, 6.45) is 6.48. The van der Waals surface area contributed by atoms with Crippen LogP contribution in [0.1, 0.15) is 49.4 Å². The summed E-state index contributed by atoms with van der Waals surface area (Å²) in [6, 6.07) is 3.35. The Labute approximate surface area is 148 Å². The summed E-state index contributed by atoms with van der Waals surface area (Å²) in [7, 11) is 0. The van der Waals surface area contributed by atoms with Crippen LogP contribution in [0, 0.1) is 11.3 Å². The molecule has 1 aromatic rings. The van der Waals surface area contributed by atoms with Gasteiger partial charge in [0.05, 0.1) is 13.2 Å². The Morgan fingerprint density at radius 1 is 1.48 bits per heavy atom. The van der Waals surface area contributed by atoms with Crippen LogP contribution >= 0.6 is 0 Å². The van der Waals surface area contributed by atoms with E-state index >= 15 is 0 Å². The molecule has 1 saturated heterocycles. The standard InChI is InChI=1S/C19H28N2O4/c1-2-25-16-12-15(4-9-20-16)18(23)21-17(14-5-10-24-11-6-14)19(13-22)7-3-8-19/h4,9,12,14,17,22H,2-3,5-8,10-11,13H2,1H3,(H,21,23). The first-order chi connectivity index (χ1) is 12.2. The first kappa shape index (κ1) is 18.1. The van der Waals surface area contributed by atoms with Gasteiger partial charge in [0.2, 0.25) is 5.88 Å². The SMILES string of the molecule is CCOc1cc(C(=O)NC(C2CCOCC2)C2(CO)CCC2)ccn1. The number of hydrogen-bond acceptors (Lipinski definition) is 5. The highest BCUT2D eigenvalue weighted by molar-refractivity contribution is 5.94. The minimum absolute atomic E-state index is 0.0219. The van der Waals surface area contributed by atoms with Crippen LogP contribution in [-0.4, -0.2) is 48.5 Å². The van der Waals surface area contributed by atoms with E-state index in [2.05, 4.69) is 10.3 Å². The van der Waals surface area contributed by atoms with Crippen LogP contribution in [-0.2, 0) is 4.74 Å². The number of amides is 1. The summed E-state index contributed by atoms with van der Waals surface area (Å²) in [6.45, 7) is 3.97. The number of rotatable bonds is 7. The molecule has 2 fully saturated rings. The van der Waals surface area contributed by atoms with Crippen molar-refractivity contribution in [3.05, 3.63) is 23.9 Å². The van der Waals surface area contributed by atoms with Gasteiger partial charge in [-0.1, -0.05) is 6.42 Å². The zero-order valence-corrected chi connectivity index (χ0v) is 14.9. The second kappa shape index (κ2) is 8.15. The minimum atomic E-state index is -0.187. The highest BCUT2D eigenvalue weighted by Gasteiger charge is 2.47. The molecule has 0 bridgehead atoms. The molecule has 2 N–H and O–H groups in total. The number of aromatic nitrogens is 1. The summed E-state index contributed by atoms with van der Waals surface area (Å²) >= 11 is 0. The van der Waals surface area contributed by atoms with Gasteiger partial charge >= 0.3 is 0 Å². The number of pyridine rings is 1. The molecule has 6 nitrogen and oxygen atoms in total. The summed E-state index contributed by atoms with van der Waals surface area (Å²) in [4.78, 5) is 17.0. The van der Waals surface area contributed by atoms with Gasteiger partial charge in [0.15, 0.2) is 0 Å². The van der Waals surface area contributed by atoms with Gasteiger partial charge in [0.25, 0.3) is 5.91 Å². The Morgan fingerprint density at radius 3 is 2.84 bits per heavy atom. The van der Waals surface area contributed by atoms with Crippen LogP contribution in [0.5, 0.6) is 5.88 Å². The molecule has 2 aliphatic rings. The normalized spacial score (nSPS) is 21.2. The molecule has 2 heterocycles. The number of carbonyl (C=O) groups excluding carboxylic acids is 1. The maximum absolute atomic E-state index is 12.8. The lowest BCUT2D eigenvalue weighted by Crippen LogP contribution is -2.57. The third-order valence-corrected chi connectivity index (χ3v) is 5.64.